The first-order valence-electron chi connectivity index (χ1n) is 3.33. The minimum atomic E-state index is 0.665. The van der Waals surface area contributed by atoms with E-state index in [9.17, 15) is 0 Å². The van der Waals surface area contributed by atoms with Gasteiger partial charge in [-0.3, -0.25) is 0 Å². The molecule has 2 heteroatoms. The first-order valence-corrected chi connectivity index (χ1v) is 3.33. The van der Waals surface area contributed by atoms with Crippen molar-refractivity contribution in [1.82, 2.24) is 0 Å². The van der Waals surface area contributed by atoms with E-state index in [-0.39, 0.29) is 0 Å². The van der Waals surface area contributed by atoms with Crippen LogP contribution in [0.5, 0.6) is 0 Å². The van der Waals surface area contributed by atoms with E-state index < -0.39 is 0 Å². The molecule has 0 amide bonds. The molecule has 0 saturated carbocycles. The van der Waals surface area contributed by atoms with Crippen LogP contribution in [0.15, 0.2) is 24.3 Å². The van der Waals surface area contributed by atoms with Gasteiger partial charge < -0.3 is 11.1 Å². The van der Waals surface area contributed by atoms with Gasteiger partial charge in [0.2, 0.25) is 0 Å². The molecule has 0 saturated heterocycles. The second kappa shape index (κ2) is 3.90. The zero-order chi connectivity index (χ0) is 7.23. The molecule has 10 heavy (non-hydrogen) atoms. The molecule has 1 radical (unpaired) electrons. The predicted octanol–water partition coefficient (Wildman–Crippen LogP) is 0.857. The molecule has 0 aromatic heterocycles. The summed E-state index contributed by atoms with van der Waals surface area (Å²) in [6.07, 6.45) is 0. The van der Waals surface area contributed by atoms with Crippen LogP contribution in [0.1, 0.15) is 0 Å². The van der Waals surface area contributed by atoms with E-state index in [1.54, 1.807) is 0 Å². The van der Waals surface area contributed by atoms with Crippen LogP contribution in [0.3, 0.4) is 0 Å². The summed E-state index contributed by atoms with van der Waals surface area (Å²) in [5, 5.41) is 3.15. The average molecular weight is 135 g/mol. The molecule has 2 nitrogen and oxygen atoms in total. The maximum atomic E-state index is 5.31. The van der Waals surface area contributed by atoms with Gasteiger partial charge in [-0.15, -0.1) is 0 Å². The minimum Gasteiger partial charge on any atom is -0.384 e. The van der Waals surface area contributed by atoms with E-state index in [0.29, 0.717) is 6.54 Å². The molecule has 0 atom stereocenters. The number of nitrogens with two attached hydrogens (primary N) is 1. The van der Waals surface area contributed by atoms with Crippen molar-refractivity contribution in [1.29, 1.82) is 0 Å². The number of anilines is 1. The van der Waals surface area contributed by atoms with Gasteiger partial charge in [0.05, 0.1) is 0 Å². The third kappa shape index (κ3) is 2.07. The summed E-state index contributed by atoms with van der Waals surface area (Å²) in [7, 11) is 0. The van der Waals surface area contributed by atoms with E-state index in [0.717, 1.165) is 12.2 Å². The molecule has 1 aromatic carbocycles. The highest BCUT2D eigenvalue weighted by Gasteiger charge is 1.84. The minimum absolute atomic E-state index is 0.665. The molecular weight excluding hydrogens is 124 g/mol. The predicted molar refractivity (Wildman–Crippen MR) is 42.8 cm³/mol. The summed E-state index contributed by atoms with van der Waals surface area (Å²) in [5.41, 5.74) is 6.41. The molecule has 0 unspecified atom stereocenters. The highest BCUT2D eigenvalue weighted by molar-refractivity contribution is 5.41. The molecular formula is C8H11N2. The monoisotopic (exact) mass is 135 g/mol. The van der Waals surface area contributed by atoms with Crippen molar-refractivity contribution in [3.05, 3.63) is 30.3 Å². The Hall–Kier alpha value is -1.02. The summed E-state index contributed by atoms with van der Waals surface area (Å²) in [6.45, 7) is 1.49. The van der Waals surface area contributed by atoms with Gasteiger partial charge in [0.15, 0.2) is 0 Å². The Labute approximate surface area is 61.1 Å². The van der Waals surface area contributed by atoms with Crippen molar-refractivity contribution in [2.45, 2.75) is 0 Å². The quantitative estimate of drug-likeness (QED) is 0.645. The van der Waals surface area contributed by atoms with Crippen LogP contribution in [-0.2, 0) is 0 Å². The van der Waals surface area contributed by atoms with Gasteiger partial charge in [-0.25, -0.2) is 0 Å². The number of hydrogen-bond acceptors (Lipinski definition) is 2. The molecule has 53 valence electrons. The van der Waals surface area contributed by atoms with Crippen molar-refractivity contribution < 1.29 is 0 Å². The first-order chi connectivity index (χ1) is 4.93. The van der Waals surface area contributed by atoms with Crippen LogP contribution >= 0.6 is 0 Å². The molecule has 0 heterocycles. The van der Waals surface area contributed by atoms with Crippen molar-refractivity contribution in [2.24, 2.45) is 5.73 Å². The van der Waals surface area contributed by atoms with Crippen molar-refractivity contribution in [3.63, 3.8) is 0 Å². The summed E-state index contributed by atoms with van der Waals surface area (Å²) in [4.78, 5) is 0. The lowest BCUT2D eigenvalue weighted by molar-refractivity contribution is 1.02. The summed E-state index contributed by atoms with van der Waals surface area (Å²) >= 11 is 0. The Morgan fingerprint density at radius 1 is 1.40 bits per heavy atom. The fraction of sp³-hybridized carbons (Fsp3) is 0.250. The van der Waals surface area contributed by atoms with Crippen molar-refractivity contribution in [3.8, 4) is 0 Å². The third-order valence-electron chi connectivity index (χ3n) is 1.19. The molecule has 3 N–H and O–H groups in total. The van der Waals surface area contributed by atoms with Gasteiger partial charge in [-0.1, -0.05) is 12.1 Å². The van der Waals surface area contributed by atoms with Gasteiger partial charge in [-0.05, 0) is 18.2 Å². The van der Waals surface area contributed by atoms with Gasteiger partial charge >= 0.3 is 0 Å². The molecule has 1 rings (SSSR count). The van der Waals surface area contributed by atoms with Gasteiger partial charge in [-0.2, -0.15) is 0 Å². The zero-order valence-electron chi connectivity index (χ0n) is 5.80. The smallest absolute Gasteiger partial charge is 0.0341 e. The highest BCUT2D eigenvalue weighted by atomic mass is 14.9. The standard InChI is InChI=1S/C8H11N2/c9-6-7-10-8-4-2-1-3-5-8/h2-5,10H,6-7,9H2. The SMILES string of the molecule is NCCNc1cc[c]cc1. The molecule has 0 bridgehead atoms. The fourth-order valence-electron chi connectivity index (χ4n) is 0.721. The second-order valence-electron chi connectivity index (χ2n) is 2.00. The second-order valence-corrected chi connectivity index (χ2v) is 2.00. The lowest BCUT2D eigenvalue weighted by atomic mass is 10.3. The molecule has 0 fully saturated rings. The molecule has 1 aromatic rings. The Balaban J connectivity index is 2.43. The van der Waals surface area contributed by atoms with E-state index in [4.69, 9.17) is 5.73 Å². The largest absolute Gasteiger partial charge is 0.384 e. The Bertz CT molecular complexity index is 172. The van der Waals surface area contributed by atoms with Crippen LogP contribution in [0.4, 0.5) is 5.69 Å². The van der Waals surface area contributed by atoms with Gasteiger partial charge in [0.25, 0.3) is 0 Å². The highest BCUT2D eigenvalue weighted by Crippen LogP contribution is 2.02. The van der Waals surface area contributed by atoms with Gasteiger partial charge in [0.1, 0.15) is 0 Å². The van der Waals surface area contributed by atoms with Crippen LogP contribution in [-0.4, -0.2) is 13.1 Å². The van der Waals surface area contributed by atoms with E-state index in [2.05, 4.69) is 11.4 Å². The van der Waals surface area contributed by atoms with Crippen LogP contribution in [0.2, 0.25) is 0 Å². The summed E-state index contributed by atoms with van der Waals surface area (Å²) < 4.78 is 0. The number of benzene rings is 1. The zero-order valence-corrected chi connectivity index (χ0v) is 5.80. The lowest BCUT2D eigenvalue weighted by Gasteiger charge is -2.01. The van der Waals surface area contributed by atoms with Crippen molar-refractivity contribution in [2.75, 3.05) is 18.4 Å². The maximum absolute atomic E-state index is 5.31. The molecule has 0 spiro atoms. The summed E-state index contributed by atoms with van der Waals surface area (Å²) in [5.74, 6) is 0. The van der Waals surface area contributed by atoms with Crippen LogP contribution < -0.4 is 11.1 Å². The number of rotatable bonds is 3. The van der Waals surface area contributed by atoms with Gasteiger partial charge in [0, 0.05) is 18.8 Å². The number of hydrogen-bond donors (Lipinski definition) is 2. The maximum Gasteiger partial charge on any atom is 0.0341 e. The Morgan fingerprint density at radius 2 is 2.10 bits per heavy atom. The van der Waals surface area contributed by atoms with Crippen molar-refractivity contribution >= 4 is 5.69 Å². The Kier molecular flexibility index (Phi) is 2.77. The van der Waals surface area contributed by atoms with Crippen LogP contribution in [0.25, 0.3) is 0 Å². The average Bonchev–Trinajstić information content (AvgIpc) is 2.03. The molecule has 0 aliphatic rings. The summed E-state index contributed by atoms with van der Waals surface area (Å²) in [6, 6.07) is 10.6. The fourth-order valence-corrected chi connectivity index (χ4v) is 0.721. The normalized spacial score (nSPS) is 9.30. The van der Waals surface area contributed by atoms with E-state index in [1.807, 2.05) is 24.3 Å². The topological polar surface area (TPSA) is 38.0 Å². The van der Waals surface area contributed by atoms with E-state index >= 15 is 0 Å². The number of nitrogens with one attached hydrogen (secondary N) is 1. The molecule has 0 aliphatic carbocycles. The third-order valence-corrected chi connectivity index (χ3v) is 1.19. The van der Waals surface area contributed by atoms with E-state index in [1.165, 1.54) is 0 Å². The molecule has 0 aliphatic heterocycles. The van der Waals surface area contributed by atoms with Crippen LogP contribution in [0, 0.1) is 6.07 Å². The first kappa shape index (κ1) is 7.09. The lowest BCUT2D eigenvalue weighted by Crippen LogP contribution is -2.12. The Morgan fingerprint density at radius 3 is 2.70 bits per heavy atom.